The van der Waals surface area contributed by atoms with E-state index in [0.717, 1.165) is 43.6 Å². The third-order valence-corrected chi connectivity index (χ3v) is 8.98. The Morgan fingerprint density at radius 3 is 1.64 bits per heavy atom. The highest BCUT2D eigenvalue weighted by atomic mass is 32.1. The summed E-state index contributed by atoms with van der Waals surface area (Å²) in [7, 11) is 2.07. The van der Waals surface area contributed by atoms with Crippen LogP contribution in [-0.4, -0.2) is 70.3 Å². The molecule has 0 radical (unpaired) electrons. The summed E-state index contributed by atoms with van der Waals surface area (Å²) in [4.78, 5) is 8.00. The summed E-state index contributed by atoms with van der Waals surface area (Å²) < 4.78 is 15.1. The zero-order valence-electron chi connectivity index (χ0n) is 29.0. The highest BCUT2D eigenvalue weighted by Crippen LogP contribution is 2.29. The van der Waals surface area contributed by atoms with Gasteiger partial charge in [-0.1, -0.05) is 148 Å². The molecule has 44 heavy (non-hydrogen) atoms. The van der Waals surface area contributed by atoms with Crippen molar-refractivity contribution < 1.29 is 24.2 Å². The molecule has 0 spiro atoms. The largest absolute Gasteiger partial charge is 0.475 e. The minimum Gasteiger partial charge on any atom is -0.475 e. The molecule has 1 atom stereocenters. The molecule has 1 aliphatic rings. The first-order valence-electron chi connectivity index (χ1n) is 18.1. The summed E-state index contributed by atoms with van der Waals surface area (Å²) in [6.45, 7) is 9.48. The quantitative estimate of drug-likeness (QED) is 0.0774. The molecule has 0 aromatic carbocycles. The third-order valence-electron chi connectivity index (χ3n) is 8.46. The Morgan fingerprint density at radius 1 is 0.727 bits per heavy atom. The van der Waals surface area contributed by atoms with Gasteiger partial charge < -0.3 is 19.7 Å². The standard InChI is InChI=1S/C20H42O.C15H26N3O2S.CH2O/c1-2-3-4-5-6-7-8-9-10-11-12-13-14-15-16-17-18-19-20-21;1-3-4-5-6-10-20-15-14(16-21-17-15)13-8-7-9-18(2,11-13)12-19;1-2/h21H,2-20H2,1H3;8,19H,3-7,9-12H2,1-2H3;1H2/q;+1;. The van der Waals surface area contributed by atoms with Gasteiger partial charge in [-0.05, 0) is 12.8 Å². The van der Waals surface area contributed by atoms with Crippen LogP contribution in [0.4, 0.5) is 0 Å². The summed E-state index contributed by atoms with van der Waals surface area (Å²) in [6.07, 6.45) is 33.1. The summed E-state index contributed by atoms with van der Waals surface area (Å²) in [6, 6.07) is 0. The topological polar surface area (TPSA) is 92.5 Å². The van der Waals surface area contributed by atoms with Gasteiger partial charge in [0.15, 0.2) is 6.73 Å². The predicted molar refractivity (Wildman–Crippen MR) is 188 cm³/mol. The number of nitrogens with zero attached hydrogens (tertiary/aromatic N) is 3. The van der Waals surface area contributed by atoms with E-state index < -0.39 is 0 Å². The van der Waals surface area contributed by atoms with Gasteiger partial charge in [-0.3, -0.25) is 4.48 Å². The van der Waals surface area contributed by atoms with Crippen LogP contribution in [0.5, 0.6) is 5.88 Å². The Balaban J connectivity index is 0.000000795. The number of quaternary nitrogens is 1. The molecule has 8 heteroatoms. The van der Waals surface area contributed by atoms with Crippen molar-refractivity contribution >= 4 is 24.1 Å². The first-order chi connectivity index (χ1) is 21.6. The van der Waals surface area contributed by atoms with Crippen molar-refractivity contribution in [1.82, 2.24) is 8.75 Å². The summed E-state index contributed by atoms with van der Waals surface area (Å²) in [5.41, 5.74) is 2.02. The molecule has 0 bridgehead atoms. The van der Waals surface area contributed by atoms with E-state index in [9.17, 15) is 5.11 Å². The maximum Gasteiger partial charge on any atom is 0.253 e. The van der Waals surface area contributed by atoms with E-state index >= 15 is 0 Å². The molecule has 7 nitrogen and oxygen atoms in total. The molecule has 2 N–H and O–H groups in total. The monoisotopic (exact) mass is 641 g/mol. The zero-order valence-corrected chi connectivity index (χ0v) is 29.9. The van der Waals surface area contributed by atoms with Crippen LogP contribution in [0.15, 0.2) is 6.08 Å². The molecule has 0 aliphatic carbocycles. The molecule has 0 saturated heterocycles. The molecular weight excluding hydrogens is 570 g/mol. The van der Waals surface area contributed by atoms with Crippen LogP contribution in [0.2, 0.25) is 0 Å². The highest BCUT2D eigenvalue weighted by molar-refractivity contribution is 6.99. The molecule has 1 aromatic heterocycles. The normalized spacial score (nSPS) is 16.0. The van der Waals surface area contributed by atoms with Crippen molar-refractivity contribution in [1.29, 1.82) is 0 Å². The molecule has 1 unspecified atom stereocenters. The Labute approximate surface area is 275 Å². The van der Waals surface area contributed by atoms with Gasteiger partial charge in [0, 0.05) is 18.6 Å². The van der Waals surface area contributed by atoms with Gasteiger partial charge in [0.05, 0.1) is 31.9 Å². The van der Waals surface area contributed by atoms with Gasteiger partial charge in [-0.15, -0.1) is 4.37 Å². The number of carbonyl (C=O) groups excluding carboxylic acids is 1. The molecular formula is C36H70N3O4S+. The number of carbonyl (C=O) groups is 1. The predicted octanol–water partition coefficient (Wildman–Crippen LogP) is 9.52. The van der Waals surface area contributed by atoms with E-state index in [2.05, 4.69) is 35.7 Å². The van der Waals surface area contributed by atoms with E-state index in [4.69, 9.17) is 14.6 Å². The number of hydrogen-bond donors (Lipinski definition) is 2. The zero-order chi connectivity index (χ0) is 32.6. The lowest BCUT2D eigenvalue weighted by Crippen LogP contribution is -2.48. The molecule has 258 valence electrons. The molecule has 2 heterocycles. The van der Waals surface area contributed by atoms with E-state index in [1.165, 1.54) is 140 Å². The molecule has 1 aromatic rings. The summed E-state index contributed by atoms with van der Waals surface area (Å²) in [5.74, 6) is 0.661. The Kier molecular flexibility index (Phi) is 30.7. The maximum atomic E-state index is 9.54. The number of likely N-dealkylation sites (N-methyl/N-ethyl adjacent to an activating group) is 1. The minimum absolute atomic E-state index is 0.155. The van der Waals surface area contributed by atoms with E-state index in [1.807, 2.05) is 6.79 Å². The summed E-state index contributed by atoms with van der Waals surface area (Å²) in [5, 5.41) is 18.2. The average molecular weight is 641 g/mol. The SMILES string of the molecule is C=O.CCCCCCCCCCCCCCCCCCCCO.CCCCCCOc1nsnc1C1=CCC[N+](C)(CO)C1. The lowest BCUT2D eigenvalue weighted by atomic mass is 10.0. The number of rotatable bonds is 26. The van der Waals surface area contributed by atoms with Crippen molar-refractivity contribution in [3.8, 4) is 5.88 Å². The Bertz CT molecular complexity index is 758. The number of ether oxygens (including phenoxy) is 1. The van der Waals surface area contributed by atoms with Crippen LogP contribution in [0, 0.1) is 0 Å². The number of unbranched alkanes of at least 4 members (excludes halogenated alkanes) is 20. The van der Waals surface area contributed by atoms with E-state index in [0.29, 0.717) is 23.6 Å². The minimum atomic E-state index is 0.155. The second-order valence-electron chi connectivity index (χ2n) is 12.7. The van der Waals surface area contributed by atoms with Crippen molar-refractivity contribution in [2.75, 3.05) is 40.1 Å². The molecule has 2 rings (SSSR count). The van der Waals surface area contributed by atoms with E-state index in [-0.39, 0.29) is 6.73 Å². The maximum absolute atomic E-state index is 9.54. The van der Waals surface area contributed by atoms with Crippen molar-refractivity contribution in [2.24, 2.45) is 0 Å². The summed E-state index contributed by atoms with van der Waals surface area (Å²) >= 11 is 1.20. The van der Waals surface area contributed by atoms with Crippen molar-refractivity contribution in [3.63, 3.8) is 0 Å². The van der Waals surface area contributed by atoms with Crippen LogP contribution in [0.1, 0.15) is 167 Å². The first kappa shape index (κ1) is 42.6. The fourth-order valence-electron chi connectivity index (χ4n) is 5.58. The van der Waals surface area contributed by atoms with Gasteiger partial charge in [-0.25, -0.2) is 0 Å². The molecule has 0 amide bonds. The van der Waals surface area contributed by atoms with E-state index in [1.54, 1.807) is 0 Å². The van der Waals surface area contributed by atoms with Gasteiger partial charge in [0.1, 0.15) is 19.0 Å². The first-order valence-corrected chi connectivity index (χ1v) is 18.8. The molecule has 0 fully saturated rings. The van der Waals surface area contributed by atoms with Crippen LogP contribution in [-0.2, 0) is 4.79 Å². The third kappa shape index (κ3) is 23.1. The fraction of sp³-hybridized carbons (Fsp3) is 0.861. The van der Waals surface area contributed by atoms with Crippen LogP contribution in [0.3, 0.4) is 0 Å². The molecule has 1 aliphatic heterocycles. The number of aliphatic hydroxyl groups is 2. The van der Waals surface area contributed by atoms with Gasteiger partial charge in [-0.2, -0.15) is 4.37 Å². The number of hydrogen-bond acceptors (Lipinski definition) is 7. The lowest BCUT2D eigenvalue weighted by Gasteiger charge is -2.35. The van der Waals surface area contributed by atoms with Crippen LogP contribution in [0.25, 0.3) is 5.57 Å². The highest BCUT2D eigenvalue weighted by Gasteiger charge is 2.29. The second kappa shape index (κ2) is 31.6. The van der Waals surface area contributed by atoms with Crippen molar-refractivity contribution in [3.05, 3.63) is 11.8 Å². The van der Waals surface area contributed by atoms with Gasteiger partial charge >= 0.3 is 0 Å². The lowest BCUT2D eigenvalue weighted by molar-refractivity contribution is -0.921. The number of aliphatic hydroxyl groups excluding tert-OH is 2. The van der Waals surface area contributed by atoms with Crippen LogP contribution >= 0.6 is 11.7 Å². The van der Waals surface area contributed by atoms with Gasteiger partial charge in [0.25, 0.3) is 5.88 Å². The van der Waals surface area contributed by atoms with Gasteiger partial charge in [0.2, 0.25) is 0 Å². The average Bonchev–Trinajstić information content (AvgIpc) is 3.52. The Morgan fingerprint density at radius 2 is 1.18 bits per heavy atom. The fourth-order valence-corrected chi connectivity index (χ4v) is 6.11. The smallest absolute Gasteiger partial charge is 0.253 e. The number of aromatic nitrogens is 2. The molecule has 0 saturated carbocycles. The van der Waals surface area contributed by atoms with Crippen LogP contribution < -0.4 is 4.74 Å². The Hall–Kier alpha value is -1.35. The van der Waals surface area contributed by atoms with Crippen molar-refractivity contribution in [2.45, 2.75) is 162 Å². The second-order valence-corrected chi connectivity index (χ2v) is 13.3.